The molecule has 3 N–H and O–H groups in total. The maximum Gasteiger partial charge on any atom is 0.238 e. The molecule has 0 amide bonds. The summed E-state index contributed by atoms with van der Waals surface area (Å²) in [5.41, 5.74) is -1.55. The summed E-state index contributed by atoms with van der Waals surface area (Å²) < 4.78 is 73.8. The molecule has 0 saturated heterocycles. The SMILES string of the molecule is COC(Cc1cc(C#N)ccc1S(N)(=O)=O)c1c(O)c(F)c(-c2ccccc2)c(F)c1F. The van der Waals surface area contributed by atoms with E-state index in [2.05, 4.69) is 0 Å². The van der Waals surface area contributed by atoms with Gasteiger partial charge in [0.1, 0.15) is 0 Å². The molecular weight excluding hydrogens is 445 g/mol. The van der Waals surface area contributed by atoms with Crippen molar-refractivity contribution in [2.24, 2.45) is 5.14 Å². The second-order valence-corrected chi connectivity index (χ2v) is 8.38. The van der Waals surface area contributed by atoms with Gasteiger partial charge in [-0.3, -0.25) is 0 Å². The summed E-state index contributed by atoms with van der Waals surface area (Å²) in [5, 5.41) is 24.7. The van der Waals surface area contributed by atoms with Crippen LogP contribution in [0.2, 0.25) is 0 Å². The first-order valence-corrected chi connectivity index (χ1v) is 10.7. The number of sulfonamides is 1. The number of ether oxygens (including phenoxy) is 1. The zero-order valence-electron chi connectivity index (χ0n) is 16.6. The fourth-order valence-corrected chi connectivity index (χ4v) is 4.17. The highest BCUT2D eigenvalue weighted by Gasteiger charge is 2.31. The molecule has 0 bridgehead atoms. The maximum absolute atomic E-state index is 15.0. The summed E-state index contributed by atoms with van der Waals surface area (Å²) in [5.74, 6) is -5.67. The van der Waals surface area contributed by atoms with Crippen molar-refractivity contribution in [3.63, 3.8) is 0 Å². The molecular formula is C22H17F3N2O4S. The molecule has 0 aliphatic rings. The van der Waals surface area contributed by atoms with Crippen LogP contribution in [0.1, 0.15) is 22.8 Å². The minimum absolute atomic E-state index is 0.00968. The summed E-state index contributed by atoms with van der Waals surface area (Å²) >= 11 is 0. The quantitative estimate of drug-likeness (QED) is 0.539. The van der Waals surface area contributed by atoms with Gasteiger partial charge in [0.25, 0.3) is 0 Å². The Kier molecular flexibility index (Phi) is 6.55. The lowest BCUT2D eigenvalue weighted by Gasteiger charge is -2.21. The van der Waals surface area contributed by atoms with Crippen LogP contribution in [0.5, 0.6) is 5.75 Å². The molecule has 3 aromatic rings. The number of aromatic hydroxyl groups is 1. The van der Waals surface area contributed by atoms with Crippen LogP contribution in [0.25, 0.3) is 11.1 Å². The Morgan fingerprint density at radius 3 is 2.31 bits per heavy atom. The van der Waals surface area contributed by atoms with E-state index < -0.39 is 56.9 Å². The molecule has 32 heavy (non-hydrogen) atoms. The monoisotopic (exact) mass is 462 g/mol. The number of methoxy groups -OCH3 is 1. The Morgan fingerprint density at radius 2 is 1.75 bits per heavy atom. The highest BCUT2D eigenvalue weighted by Crippen LogP contribution is 2.41. The van der Waals surface area contributed by atoms with E-state index in [0.717, 1.165) is 13.2 Å². The second kappa shape index (κ2) is 9.00. The average Bonchev–Trinajstić information content (AvgIpc) is 2.77. The molecule has 1 atom stereocenters. The van der Waals surface area contributed by atoms with Crippen molar-refractivity contribution in [3.05, 3.63) is 82.7 Å². The van der Waals surface area contributed by atoms with Gasteiger partial charge in [0.15, 0.2) is 23.2 Å². The number of phenols is 1. The molecule has 0 aliphatic carbocycles. The zero-order valence-corrected chi connectivity index (χ0v) is 17.5. The number of nitriles is 1. The van der Waals surface area contributed by atoms with Crippen molar-refractivity contribution >= 4 is 10.0 Å². The van der Waals surface area contributed by atoms with E-state index in [4.69, 9.17) is 15.1 Å². The Balaban J connectivity index is 2.17. The molecule has 3 rings (SSSR count). The molecule has 166 valence electrons. The van der Waals surface area contributed by atoms with Crippen molar-refractivity contribution in [2.45, 2.75) is 17.4 Å². The van der Waals surface area contributed by atoms with Gasteiger partial charge in [0.05, 0.1) is 33.8 Å². The molecule has 0 fully saturated rings. The minimum atomic E-state index is -4.24. The third-order valence-corrected chi connectivity index (χ3v) is 5.91. The van der Waals surface area contributed by atoms with Crippen LogP contribution in [-0.4, -0.2) is 20.6 Å². The first-order chi connectivity index (χ1) is 15.1. The van der Waals surface area contributed by atoms with Crippen LogP contribution < -0.4 is 5.14 Å². The highest BCUT2D eigenvalue weighted by molar-refractivity contribution is 7.89. The summed E-state index contributed by atoms with van der Waals surface area (Å²) in [6.45, 7) is 0. The predicted molar refractivity (Wildman–Crippen MR) is 109 cm³/mol. The number of primary sulfonamides is 1. The molecule has 3 aromatic carbocycles. The van der Waals surface area contributed by atoms with E-state index in [1.54, 1.807) is 6.07 Å². The number of rotatable bonds is 6. The fourth-order valence-electron chi connectivity index (χ4n) is 3.41. The van der Waals surface area contributed by atoms with Crippen LogP contribution in [0, 0.1) is 28.8 Å². The summed E-state index contributed by atoms with van der Waals surface area (Å²) in [4.78, 5) is -0.375. The van der Waals surface area contributed by atoms with E-state index in [1.807, 2.05) is 6.07 Å². The van der Waals surface area contributed by atoms with E-state index >= 15 is 4.39 Å². The second-order valence-electron chi connectivity index (χ2n) is 6.85. The van der Waals surface area contributed by atoms with Gasteiger partial charge in [-0.1, -0.05) is 30.3 Å². The van der Waals surface area contributed by atoms with E-state index in [-0.39, 0.29) is 21.6 Å². The Morgan fingerprint density at radius 1 is 1.09 bits per heavy atom. The molecule has 0 saturated carbocycles. The number of hydrogen-bond donors (Lipinski definition) is 2. The van der Waals surface area contributed by atoms with Gasteiger partial charge in [-0.2, -0.15) is 5.26 Å². The van der Waals surface area contributed by atoms with E-state index in [0.29, 0.717) is 0 Å². The minimum Gasteiger partial charge on any atom is -0.504 e. The largest absolute Gasteiger partial charge is 0.504 e. The van der Waals surface area contributed by atoms with Crippen LogP contribution >= 0.6 is 0 Å². The molecule has 0 heterocycles. The van der Waals surface area contributed by atoms with Gasteiger partial charge < -0.3 is 9.84 Å². The number of nitrogens with two attached hydrogens (primary N) is 1. The number of nitrogens with zero attached hydrogens (tertiary/aromatic N) is 1. The number of phenolic OH excluding ortho intramolecular Hbond substituents is 1. The standard InChI is InChI=1S/C22H17F3N2O4S/c1-31-15(10-14-9-12(11-26)7-8-16(14)32(27,29)30)18-20(24)19(23)17(21(25)22(18)28)13-5-3-2-4-6-13/h2-9,15,28H,10H2,1H3,(H2,27,29,30). The number of benzene rings is 3. The summed E-state index contributed by atoms with van der Waals surface area (Å²) in [6, 6.07) is 12.6. The van der Waals surface area contributed by atoms with Gasteiger partial charge in [-0.05, 0) is 29.3 Å². The fraction of sp³-hybridized carbons (Fsp3) is 0.136. The Labute approximate surface area is 182 Å². The number of hydrogen-bond acceptors (Lipinski definition) is 5. The number of halogens is 3. The lowest BCUT2D eigenvalue weighted by Crippen LogP contribution is -2.17. The smallest absolute Gasteiger partial charge is 0.238 e. The summed E-state index contributed by atoms with van der Waals surface area (Å²) in [7, 11) is -3.15. The topological polar surface area (TPSA) is 113 Å². The van der Waals surface area contributed by atoms with Crippen molar-refractivity contribution in [1.82, 2.24) is 0 Å². The molecule has 10 heteroatoms. The molecule has 6 nitrogen and oxygen atoms in total. The van der Waals surface area contributed by atoms with E-state index in [1.165, 1.54) is 36.4 Å². The highest BCUT2D eigenvalue weighted by atomic mass is 32.2. The van der Waals surface area contributed by atoms with Crippen molar-refractivity contribution < 1.29 is 31.4 Å². The third kappa shape index (κ3) is 4.31. The van der Waals surface area contributed by atoms with Gasteiger partial charge in [0, 0.05) is 13.5 Å². The van der Waals surface area contributed by atoms with Crippen molar-refractivity contribution in [3.8, 4) is 22.9 Å². The lowest BCUT2D eigenvalue weighted by atomic mass is 9.94. The molecule has 0 radical (unpaired) electrons. The zero-order chi connectivity index (χ0) is 23.6. The predicted octanol–water partition coefficient (Wildman–Crippen LogP) is 3.93. The van der Waals surface area contributed by atoms with Crippen molar-refractivity contribution in [2.75, 3.05) is 7.11 Å². The molecule has 0 aliphatic heterocycles. The normalized spacial score (nSPS) is 12.4. The van der Waals surface area contributed by atoms with Crippen LogP contribution in [0.4, 0.5) is 13.2 Å². The van der Waals surface area contributed by atoms with Crippen molar-refractivity contribution in [1.29, 1.82) is 5.26 Å². The maximum atomic E-state index is 15.0. The Bertz CT molecular complexity index is 1290. The van der Waals surface area contributed by atoms with Crippen LogP contribution in [-0.2, 0) is 21.2 Å². The van der Waals surface area contributed by atoms with Gasteiger partial charge >= 0.3 is 0 Å². The Hall–Kier alpha value is -3.39. The summed E-state index contributed by atoms with van der Waals surface area (Å²) in [6.07, 6.45) is -1.95. The molecule has 0 spiro atoms. The van der Waals surface area contributed by atoms with Crippen LogP contribution in [0.3, 0.4) is 0 Å². The van der Waals surface area contributed by atoms with Gasteiger partial charge in [-0.25, -0.2) is 26.7 Å². The van der Waals surface area contributed by atoms with E-state index in [9.17, 15) is 22.3 Å². The first-order valence-electron chi connectivity index (χ1n) is 9.13. The van der Waals surface area contributed by atoms with Crippen LogP contribution in [0.15, 0.2) is 53.4 Å². The first kappa shape index (κ1) is 23.3. The van der Waals surface area contributed by atoms with Gasteiger partial charge in [-0.15, -0.1) is 0 Å². The third-order valence-electron chi connectivity index (χ3n) is 4.90. The lowest BCUT2D eigenvalue weighted by molar-refractivity contribution is 0.0959. The molecule has 1 unspecified atom stereocenters. The van der Waals surface area contributed by atoms with Gasteiger partial charge in [0.2, 0.25) is 10.0 Å². The average molecular weight is 462 g/mol. The molecule has 0 aromatic heterocycles.